The van der Waals surface area contributed by atoms with Crippen LogP contribution in [0.3, 0.4) is 0 Å². The Balaban J connectivity index is 1.67. The minimum absolute atomic E-state index is 0.459. The molecule has 2 fully saturated rings. The standard InChI is InChI=1S/C9H18N2O/c10-7-1-3-8(4-2-7)11-9-5-12-6-9/h7-9,11H,1-6,10H2. The number of nitrogens with two attached hydrogens (primary N) is 1. The number of ether oxygens (including phenoxy) is 1. The third-order valence-corrected chi connectivity index (χ3v) is 2.88. The van der Waals surface area contributed by atoms with E-state index in [1.165, 1.54) is 25.7 Å². The topological polar surface area (TPSA) is 47.3 Å². The Morgan fingerprint density at radius 1 is 1.00 bits per heavy atom. The lowest BCUT2D eigenvalue weighted by molar-refractivity contribution is -0.0121. The molecule has 2 aliphatic rings. The van der Waals surface area contributed by atoms with Gasteiger partial charge in [-0.25, -0.2) is 0 Å². The fourth-order valence-corrected chi connectivity index (χ4v) is 1.95. The van der Waals surface area contributed by atoms with E-state index in [4.69, 9.17) is 10.5 Å². The molecule has 0 bridgehead atoms. The summed E-state index contributed by atoms with van der Waals surface area (Å²) in [6.07, 6.45) is 4.87. The van der Waals surface area contributed by atoms with Gasteiger partial charge in [0.05, 0.1) is 19.3 Å². The van der Waals surface area contributed by atoms with Crippen molar-refractivity contribution >= 4 is 0 Å². The van der Waals surface area contributed by atoms with Crippen LogP contribution in [-0.4, -0.2) is 31.3 Å². The minimum atomic E-state index is 0.459. The predicted octanol–water partition coefficient (Wildman–Crippen LogP) is 0.245. The lowest BCUT2D eigenvalue weighted by Gasteiger charge is -2.34. The molecular formula is C9H18N2O. The van der Waals surface area contributed by atoms with Crippen molar-refractivity contribution in [1.29, 1.82) is 0 Å². The van der Waals surface area contributed by atoms with E-state index in [1.54, 1.807) is 0 Å². The maximum Gasteiger partial charge on any atom is 0.0643 e. The molecule has 1 aliphatic heterocycles. The quantitative estimate of drug-likeness (QED) is 0.624. The van der Waals surface area contributed by atoms with Gasteiger partial charge in [0.1, 0.15) is 0 Å². The van der Waals surface area contributed by atoms with Gasteiger partial charge < -0.3 is 15.8 Å². The van der Waals surface area contributed by atoms with Gasteiger partial charge in [-0.1, -0.05) is 0 Å². The van der Waals surface area contributed by atoms with Crippen molar-refractivity contribution < 1.29 is 4.74 Å². The second-order valence-corrected chi connectivity index (χ2v) is 4.01. The molecule has 1 heterocycles. The van der Waals surface area contributed by atoms with Crippen LogP contribution in [0.15, 0.2) is 0 Å². The molecule has 0 aromatic heterocycles. The van der Waals surface area contributed by atoms with Crippen LogP contribution in [0.25, 0.3) is 0 Å². The second kappa shape index (κ2) is 3.73. The van der Waals surface area contributed by atoms with Crippen molar-refractivity contribution in [3.05, 3.63) is 0 Å². The zero-order valence-corrected chi connectivity index (χ0v) is 7.46. The molecule has 1 saturated carbocycles. The largest absolute Gasteiger partial charge is 0.378 e. The van der Waals surface area contributed by atoms with Crippen molar-refractivity contribution in [2.24, 2.45) is 5.73 Å². The lowest BCUT2D eigenvalue weighted by Crippen LogP contribution is -2.51. The third-order valence-electron chi connectivity index (χ3n) is 2.88. The van der Waals surface area contributed by atoms with E-state index in [1.807, 2.05) is 0 Å². The van der Waals surface area contributed by atoms with Crippen LogP contribution >= 0.6 is 0 Å². The maximum absolute atomic E-state index is 5.82. The highest BCUT2D eigenvalue weighted by molar-refractivity contribution is 4.83. The molecule has 2 rings (SSSR count). The Labute approximate surface area is 73.7 Å². The second-order valence-electron chi connectivity index (χ2n) is 4.01. The Bertz CT molecular complexity index is 139. The normalized spacial score (nSPS) is 37.8. The van der Waals surface area contributed by atoms with Gasteiger partial charge in [0.15, 0.2) is 0 Å². The molecule has 0 aromatic rings. The molecule has 0 unspecified atom stereocenters. The summed E-state index contributed by atoms with van der Waals surface area (Å²) in [6.45, 7) is 1.81. The van der Waals surface area contributed by atoms with Crippen molar-refractivity contribution in [2.75, 3.05) is 13.2 Å². The molecule has 0 atom stereocenters. The smallest absolute Gasteiger partial charge is 0.0643 e. The van der Waals surface area contributed by atoms with Gasteiger partial charge in [0.25, 0.3) is 0 Å². The highest BCUT2D eigenvalue weighted by Crippen LogP contribution is 2.18. The first-order valence-corrected chi connectivity index (χ1v) is 4.94. The molecule has 0 radical (unpaired) electrons. The molecule has 3 heteroatoms. The van der Waals surface area contributed by atoms with Crippen LogP contribution in [0.2, 0.25) is 0 Å². The Morgan fingerprint density at radius 3 is 2.17 bits per heavy atom. The van der Waals surface area contributed by atoms with Gasteiger partial charge in [-0.2, -0.15) is 0 Å². The van der Waals surface area contributed by atoms with E-state index >= 15 is 0 Å². The van der Waals surface area contributed by atoms with Crippen molar-refractivity contribution in [3.63, 3.8) is 0 Å². The van der Waals surface area contributed by atoms with E-state index in [2.05, 4.69) is 5.32 Å². The summed E-state index contributed by atoms with van der Waals surface area (Å²) in [6, 6.07) is 1.80. The Morgan fingerprint density at radius 2 is 1.67 bits per heavy atom. The van der Waals surface area contributed by atoms with E-state index in [9.17, 15) is 0 Å². The van der Waals surface area contributed by atoms with Crippen LogP contribution in [-0.2, 0) is 4.74 Å². The average Bonchev–Trinajstić information content (AvgIpc) is 2.00. The Hall–Kier alpha value is -0.120. The summed E-state index contributed by atoms with van der Waals surface area (Å²) in [4.78, 5) is 0. The number of hydrogen-bond acceptors (Lipinski definition) is 3. The molecule has 0 amide bonds. The summed E-state index contributed by atoms with van der Waals surface area (Å²) in [5, 5.41) is 3.60. The van der Waals surface area contributed by atoms with Crippen molar-refractivity contribution in [3.8, 4) is 0 Å². The summed E-state index contributed by atoms with van der Waals surface area (Å²) >= 11 is 0. The monoisotopic (exact) mass is 170 g/mol. The Kier molecular flexibility index (Phi) is 2.63. The summed E-state index contributed by atoms with van der Waals surface area (Å²) in [5.41, 5.74) is 5.82. The van der Waals surface area contributed by atoms with Crippen LogP contribution in [0.5, 0.6) is 0 Å². The van der Waals surface area contributed by atoms with Crippen LogP contribution in [0.1, 0.15) is 25.7 Å². The van der Waals surface area contributed by atoms with Crippen molar-refractivity contribution in [2.45, 2.75) is 43.8 Å². The number of nitrogens with one attached hydrogen (secondary N) is 1. The molecule has 3 nitrogen and oxygen atoms in total. The molecule has 3 N–H and O–H groups in total. The highest BCUT2D eigenvalue weighted by atomic mass is 16.5. The molecule has 12 heavy (non-hydrogen) atoms. The first-order valence-electron chi connectivity index (χ1n) is 4.94. The van der Waals surface area contributed by atoms with Gasteiger partial charge in [-0.05, 0) is 25.7 Å². The summed E-state index contributed by atoms with van der Waals surface area (Å²) < 4.78 is 5.11. The van der Waals surface area contributed by atoms with E-state index < -0.39 is 0 Å². The fraction of sp³-hybridized carbons (Fsp3) is 1.00. The van der Waals surface area contributed by atoms with Gasteiger partial charge in [-0.3, -0.25) is 0 Å². The first kappa shape index (κ1) is 8.48. The molecule has 70 valence electrons. The lowest BCUT2D eigenvalue weighted by atomic mass is 9.91. The summed E-state index contributed by atoms with van der Waals surface area (Å²) in [7, 11) is 0. The average molecular weight is 170 g/mol. The van der Waals surface area contributed by atoms with Gasteiger partial charge >= 0.3 is 0 Å². The van der Waals surface area contributed by atoms with Gasteiger partial charge in [0, 0.05) is 12.1 Å². The van der Waals surface area contributed by atoms with E-state index in [0.29, 0.717) is 18.1 Å². The van der Waals surface area contributed by atoms with E-state index in [-0.39, 0.29) is 0 Å². The number of hydrogen-bond donors (Lipinski definition) is 2. The molecule has 0 aromatic carbocycles. The van der Waals surface area contributed by atoms with Gasteiger partial charge in [-0.15, -0.1) is 0 Å². The van der Waals surface area contributed by atoms with Crippen LogP contribution < -0.4 is 11.1 Å². The van der Waals surface area contributed by atoms with Gasteiger partial charge in [0.2, 0.25) is 0 Å². The minimum Gasteiger partial charge on any atom is -0.378 e. The summed E-state index contributed by atoms with van der Waals surface area (Å²) in [5.74, 6) is 0. The SMILES string of the molecule is NC1CCC(NC2COC2)CC1. The van der Waals surface area contributed by atoms with Crippen molar-refractivity contribution in [1.82, 2.24) is 5.32 Å². The number of rotatable bonds is 2. The first-order chi connectivity index (χ1) is 5.84. The zero-order valence-electron chi connectivity index (χ0n) is 7.46. The maximum atomic E-state index is 5.82. The molecular weight excluding hydrogens is 152 g/mol. The molecule has 0 spiro atoms. The molecule has 1 aliphatic carbocycles. The van der Waals surface area contributed by atoms with Crippen LogP contribution in [0, 0.1) is 0 Å². The zero-order chi connectivity index (χ0) is 8.39. The van der Waals surface area contributed by atoms with E-state index in [0.717, 1.165) is 13.2 Å². The highest BCUT2D eigenvalue weighted by Gasteiger charge is 2.24. The third kappa shape index (κ3) is 1.97. The molecule has 1 saturated heterocycles. The fourth-order valence-electron chi connectivity index (χ4n) is 1.95. The van der Waals surface area contributed by atoms with Crippen LogP contribution in [0.4, 0.5) is 0 Å². The predicted molar refractivity (Wildman–Crippen MR) is 48.0 cm³/mol.